The molecule has 0 saturated heterocycles. The summed E-state index contributed by atoms with van der Waals surface area (Å²) in [6.45, 7) is 0. The second kappa shape index (κ2) is 6.20. The van der Waals surface area contributed by atoms with Crippen molar-refractivity contribution in [1.82, 2.24) is 0 Å². The molecule has 4 nitrogen and oxygen atoms in total. The molecule has 0 aromatic heterocycles. The van der Waals surface area contributed by atoms with Gasteiger partial charge in [-0.15, -0.1) is 0 Å². The quantitative estimate of drug-likeness (QED) is 0.833. The van der Waals surface area contributed by atoms with E-state index in [9.17, 15) is 14.3 Å². The van der Waals surface area contributed by atoms with E-state index in [4.69, 9.17) is 27.9 Å². The average molecular weight is 330 g/mol. The number of phenols is 1. The van der Waals surface area contributed by atoms with Crippen LogP contribution in [0.3, 0.4) is 0 Å². The van der Waals surface area contributed by atoms with E-state index in [-0.39, 0.29) is 16.3 Å². The maximum Gasteiger partial charge on any atom is 0.259 e. The molecular weight excluding hydrogens is 320 g/mol. The van der Waals surface area contributed by atoms with Crippen LogP contribution in [0.4, 0.5) is 10.1 Å². The normalized spacial score (nSPS) is 10.3. The highest BCUT2D eigenvalue weighted by atomic mass is 35.5. The summed E-state index contributed by atoms with van der Waals surface area (Å²) in [5, 5.41) is 11.9. The Bertz CT molecular complexity index is 707. The number of carbonyl (C=O) groups excluding carboxylic acids is 1. The van der Waals surface area contributed by atoms with Crippen LogP contribution in [0, 0.1) is 5.82 Å². The van der Waals surface area contributed by atoms with Crippen molar-refractivity contribution in [1.29, 1.82) is 0 Å². The largest absolute Gasteiger partial charge is 0.506 e. The number of benzene rings is 2. The monoisotopic (exact) mass is 329 g/mol. The average Bonchev–Trinajstić information content (AvgIpc) is 2.44. The predicted molar refractivity (Wildman–Crippen MR) is 79.0 cm³/mol. The Labute approximate surface area is 130 Å². The van der Waals surface area contributed by atoms with Crippen LogP contribution < -0.4 is 10.1 Å². The Kier molecular flexibility index (Phi) is 4.55. The maximum absolute atomic E-state index is 13.7. The lowest BCUT2D eigenvalue weighted by Gasteiger charge is -2.11. The maximum atomic E-state index is 13.7. The van der Waals surface area contributed by atoms with Crippen molar-refractivity contribution in [3.63, 3.8) is 0 Å². The van der Waals surface area contributed by atoms with Crippen molar-refractivity contribution in [3.8, 4) is 11.5 Å². The van der Waals surface area contributed by atoms with E-state index >= 15 is 0 Å². The molecule has 110 valence electrons. The lowest BCUT2D eigenvalue weighted by atomic mass is 10.1. The predicted octanol–water partition coefficient (Wildman–Crippen LogP) is 4.10. The Hall–Kier alpha value is -1.98. The molecule has 0 aliphatic rings. The van der Waals surface area contributed by atoms with Gasteiger partial charge in [0.2, 0.25) is 0 Å². The van der Waals surface area contributed by atoms with Gasteiger partial charge in [-0.25, -0.2) is 4.39 Å². The van der Waals surface area contributed by atoms with Crippen molar-refractivity contribution >= 4 is 34.8 Å². The molecule has 0 heterocycles. The fraction of sp³-hybridized carbons (Fsp3) is 0.0714. The molecular formula is C14H10Cl2FNO3. The lowest BCUT2D eigenvalue weighted by Crippen LogP contribution is -2.14. The number of rotatable bonds is 3. The second-order valence-electron chi connectivity index (χ2n) is 4.08. The molecule has 0 aliphatic carbocycles. The molecule has 0 unspecified atom stereocenters. The van der Waals surface area contributed by atoms with Gasteiger partial charge in [0.05, 0.1) is 23.4 Å². The standard InChI is InChI=1S/C14H10Cl2FNO3/c1-21-13-3-2-7(15)4-8(13)14(20)18-11-5-9(16)12(19)6-10(11)17/h2-6,19H,1H3,(H,18,20). The van der Waals surface area contributed by atoms with Gasteiger partial charge in [-0.3, -0.25) is 4.79 Å². The fourth-order valence-electron chi connectivity index (χ4n) is 1.68. The summed E-state index contributed by atoms with van der Waals surface area (Å²) in [6.07, 6.45) is 0. The number of halogens is 3. The summed E-state index contributed by atoms with van der Waals surface area (Å²) in [7, 11) is 1.40. The van der Waals surface area contributed by atoms with Gasteiger partial charge in [0.25, 0.3) is 5.91 Å². The number of anilines is 1. The Morgan fingerprint density at radius 2 is 2.00 bits per heavy atom. The van der Waals surface area contributed by atoms with Gasteiger partial charge >= 0.3 is 0 Å². The first-order chi connectivity index (χ1) is 9.92. The molecule has 21 heavy (non-hydrogen) atoms. The number of nitrogens with one attached hydrogen (secondary N) is 1. The number of phenolic OH excluding ortho intramolecular Hbond substituents is 1. The molecule has 0 spiro atoms. The molecule has 0 bridgehead atoms. The minimum absolute atomic E-state index is 0.0789. The van der Waals surface area contributed by atoms with Crippen LogP contribution in [0.15, 0.2) is 30.3 Å². The molecule has 2 N–H and O–H groups in total. The topological polar surface area (TPSA) is 58.6 Å². The first kappa shape index (κ1) is 15.4. The van der Waals surface area contributed by atoms with Crippen LogP contribution >= 0.6 is 23.2 Å². The summed E-state index contributed by atoms with van der Waals surface area (Å²) in [6, 6.07) is 6.41. The highest BCUT2D eigenvalue weighted by molar-refractivity contribution is 6.32. The molecule has 7 heteroatoms. The second-order valence-corrected chi connectivity index (χ2v) is 4.93. The minimum atomic E-state index is -0.814. The summed E-state index contributed by atoms with van der Waals surface area (Å²) < 4.78 is 18.7. The van der Waals surface area contributed by atoms with E-state index in [0.29, 0.717) is 10.8 Å². The molecule has 1 amide bonds. The van der Waals surface area contributed by atoms with Gasteiger partial charge in [-0.05, 0) is 24.3 Å². The van der Waals surface area contributed by atoms with E-state index in [2.05, 4.69) is 5.32 Å². The van der Waals surface area contributed by atoms with E-state index < -0.39 is 17.5 Å². The van der Waals surface area contributed by atoms with Crippen molar-refractivity contribution in [2.45, 2.75) is 0 Å². The van der Waals surface area contributed by atoms with Crippen molar-refractivity contribution < 1.29 is 19.0 Å². The number of methoxy groups -OCH3 is 1. The highest BCUT2D eigenvalue weighted by Crippen LogP contribution is 2.30. The first-order valence-electron chi connectivity index (χ1n) is 5.75. The lowest BCUT2D eigenvalue weighted by molar-refractivity contribution is 0.102. The highest BCUT2D eigenvalue weighted by Gasteiger charge is 2.16. The zero-order valence-corrected chi connectivity index (χ0v) is 12.3. The van der Waals surface area contributed by atoms with Crippen LogP contribution in [0.5, 0.6) is 11.5 Å². The van der Waals surface area contributed by atoms with E-state index in [1.807, 2.05) is 0 Å². The number of hydrogen-bond acceptors (Lipinski definition) is 3. The van der Waals surface area contributed by atoms with Crippen molar-refractivity contribution in [3.05, 3.63) is 51.8 Å². The Morgan fingerprint density at radius 3 is 2.67 bits per heavy atom. The molecule has 0 fully saturated rings. The molecule has 2 rings (SSSR count). The van der Waals surface area contributed by atoms with Gasteiger partial charge in [-0.2, -0.15) is 0 Å². The third kappa shape index (κ3) is 3.37. The van der Waals surface area contributed by atoms with E-state index in [0.717, 1.165) is 12.1 Å². The fourth-order valence-corrected chi connectivity index (χ4v) is 2.02. The van der Waals surface area contributed by atoms with Gasteiger partial charge < -0.3 is 15.2 Å². The van der Waals surface area contributed by atoms with Crippen LogP contribution in [0.2, 0.25) is 10.0 Å². The number of ether oxygens (including phenoxy) is 1. The zero-order valence-electron chi connectivity index (χ0n) is 10.8. The van der Waals surface area contributed by atoms with Gasteiger partial charge in [0, 0.05) is 11.1 Å². The van der Waals surface area contributed by atoms with Gasteiger partial charge in [-0.1, -0.05) is 23.2 Å². The number of hydrogen-bond donors (Lipinski definition) is 2. The van der Waals surface area contributed by atoms with Crippen LogP contribution in [0.25, 0.3) is 0 Å². The van der Waals surface area contributed by atoms with E-state index in [1.54, 1.807) is 6.07 Å². The van der Waals surface area contributed by atoms with Crippen LogP contribution in [0.1, 0.15) is 10.4 Å². The Morgan fingerprint density at radius 1 is 1.29 bits per heavy atom. The number of carbonyl (C=O) groups is 1. The SMILES string of the molecule is COc1ccc(Cl)cc1C(=O)Nc1cc(Cl)c(O)cc1F. The Balaban J connectivity index is 2.34. The molecule has 0 radical (unpaired) electrons. The summed E-state index contributed by atoms with van der Waals surface area (Å²) in [4.78, 5) is 12.2. The smallest absolute Gasteiger partial charge is 0.259 e. The number of aromatic hydroxyl groups is 1. The third-order valence-corrected chi connectivity index (χ3v) is 3.23. The molecule has 2 aromatic rings. The summed E-state index contributed by atoms with van der Waals surface area (Å²) >= 11 is 11.5. The minimum Gasteiger partial charge on any atom is -0.506 e. The van der Waals surface area contributed by atoms with Crippen molar-refractivity contribution in [2.24, 2.45) is 0 Å². The van der Waals surface area contributed by atoms with Gasteiger partial charge in [0.1, 0.15) is 11.5 Å². The number of amides is 1. The first-order valence-corrected chi connectivity index (χ1v) is 6.51. The molecule has 0 saturated carbocycles. The van der Waals surface area contributed by atoms with Gasteiger partial charge in [0.15, 0.2) is 5.82 Å². The zero-order chi connectivity index (χ0) is 15.6. The molecule has 2 aromatic carbocycles. The summed E-state index contributed by atoms with van der Waals surface area (Å²) in [5.74, 6) is -1.55. The third-order valence-electron chi connectivity index (χ3n) is 2.69. The van der Waals surface area contributed by atoms with Crippen LogP contribution in [-0.4, -0.2) is 18.1 Å². The molecule has 0 aliphatic heterocycles. The molecule has 0 atom stereocenters. The summed E-state index contributed by atoms with van der Waals surface area (Å²) in [5.41, 5.74) is -0.0153. The van der Waals surface area contributed by atoms with Crippen LogP contribution in [-0.2, 0) is 0 Å². The van der Waals surface area contributed by atoms with Crippen molar-refractivity contribution in [2.75, 3.05) is 12.4 Å². The van der Waals surface area contributed by atoms with E-state index in [1.165, 1.54) is 19.2 Å².